The van der Waals surface area contributed by atoms with Gasteiger partial charge in [0.2, 0.25) is 0 Å². The predicted octanol–water partition coefficient (Wildman–Crippen LogP) is 2.66. The van der Waals surface area contributed by atoms with Crippen molar-refractivity contribution in [3.05, 3.63) is 48.0 Å². The summed E-state index contributed by atoms with van der Waals surface area (Å²) in [6.45, 7) is 3.20. The number of aromatic nitrogens is 4. The van der Waals surface area contributed by atoms with Crippen LogP contribution < -0.4 is 4.74 Å². The molecule has 0 amide bonds. The maximum absolute atomic E-state index is 14.8. The van der Waals surface area contributed by atoms with Crippen molar-refractivity contribution < 1.29 is 13.9 Å². The molecule has 4 rings (SSSR count). The van der Waals surface area contributed by atoms with E-state index in [1.54, 1.807) is 20.4 Å². The average Bonchev–Trinajstić information content (AvgIpc) is 3.14. The number of likely N-dealkylation sites (tertiary alicyclic amines) is 1. The van der Waals surface area contributed by atoms with Gasteiger partial charge in [0.05, 0.1) is 31.6 Å². The lowest BCUT2D eigenvalue weighted by atomic mass is 9.94. The number of hydrogen-bond donors (Lipinski definition) is 0. The van der Waals surface area contributed by atoms with E-state index in [9.17, 15) is 4.39 Å². The molecule has 29 heavy (non-hydrogen) atoms. The molecule has 0 aliphatic carbocycles. The van der Waals surface area contributed by atoms with Gasteiger partial charge >= 0.3 is 0 Å². The lowest BCUT2D eigenvalue weighted by molar-refractivity contribution is 0.0844. The first kappa shape index (κ1) is 19.7. The minimum absolute atomic E-state index is 0.287. The number of piperidine rings is 1. The van der Waals surface area contributed by atoms with Gasteiger partial charge in [-0.3, -0.25) is 9.58 Å². The van der Waals surface area contributed by atoms with Crippen LogP contribution in [0.2, 0.25) is 0 Å². The molecule has 7 nitrogen and oxygen atoms in total. The SMILES string of the molecule is COCCN1CC[C@H](c2ncc3cn(Cc4ccc(OC)cc4)nc3n2)[C@H](F)C1. The topological polar surface area (TPSA) is 65.3 Å². The Hall–Kier alpha value is -2.58. The summed E-state index contributed by atoms with van der Waals surface area (Å²) in [5, 5.41) is 5.43. The third-order valence-electron chi connectivity index (χ3n) is 5.40. The fourth-order valence-corrected chi connectivity index (χ4v) is 3.74. The number of ether oxygens (including phenoxy) is 2. The summed E-state index contributed by atoms with van der Waals surface area (Å²) in [4.78, 5) is 11.1. The fourth-order valence-electron chi connectivity index (χ4n) is 3.74. The van der Waals surface area contributed by atoms with E-state index in [0.29, 0.717) is 37.6 Å². The van der Waals surface area contributed by atoms with Crippen molar-refractivity contribution in [2.45, 2.75) is 25.1 Å². The Bertz CT molecular complexity index is 946. The molecule has 1 aliphatic heterocycles. The van der Waals surface area contributed by atoms with Crippen LogP contribution in [0.5, 0.6) is 5.75 Å². The quantitative estimate of drug-likeness (QED) is 0.609. The van der Waals surface area contributed by atoms with Crippen LogP contribution in [0.15, 0.2) is 36.7 Å². The molecule has 2 aromatic heterocycles. The largest absolute Gasteiger partial charge is 0.497 e. The van der Waals surface area contributed by atoms with E-state index in [0.717, 1.165) is 29.8 Å². The average molecular weight is 399 g/mol. The Morgan fingerprint density at radius 3 is 2.76 bits per heavy atom. The number of alkyl halides is 1. The van der Waals surface area contributed by atoms with Crippen LogP contribution in [0.1, 0.15) is 23.7 Å². The first-order valence-corrected chi connectivity index (χ1v) is 9.84. The molecular formula is C21H26FN5O2. The highest BCUT2D eigenvalue weighted by atomic mass is 19.1. The molecule has 8 heteroatoms. The Morgan fingerprint density at radius 2 is 2.03 bits per heavy atom. The second kappa shape index (κ2) is 8.84. The molecule has 154 valence electrons. The van der Waals surface area contributed by atoms with E-state index >= 15 is 0 Å². The maximum atomic E-state index is 14.8. The molecule has 1 fully saturated rings. The summed E-state index contributed by atoms with van der Waals surface area (Å²) in [6.07, 6.45) is 3.38. The van der Waals surface area contributed by atoms with Gasteiger partial charge in [-0.15, -0.1) is 0 Å². The summed E-state index contributed by atoms with van der Waals surface area (Å²) in [5.41, 5.74) is 1.72. The summed E-state index contributed by atoms with van der Waals surface area (Å²) < 4.78 is 26.9. The zero-order valence-electron chi connectivity index (χ0n) is 16.8. The van der Waals surface area contributed by atoms with Gasteiger partial charge in [-0.1, -0.05) is 12.1 Å². The van der Waals surface area contributed by atoms with Crippen LogP contribution >= 0.6 is 0 Å². The van der Waals surface area contributed by atoms with Gasteiger partial charge < -0.3 is 9.47 Å². The number of hydrogen-bond acceptors (Lipinski definition) is 6. The number of fused-ring (bicyclic) bond motifs is 1. The molecule has 1 aromatic carbocycles. The molecule has 0 unspecified atom stereocenters. The Kier molecular flexibility index (Phi) is 6.01. The Morgan fingerprint density at radius 1 is 1.21 bits per heavy atom. The van der Waals surface area contributed by atoms with Gasteiger partial charge in [0.15, 0.2) is 5.65 Å². The molecule has 0 spiro atoms. The Balaban J connectivity index is 1.46. The second-order valence-corrected chi connectivity index (χ2v) is 7.39. The van der Waals surface area contributed by atoms with E-state index in [2.05, 4.69) is 20.0 Å². The molecule has 0 N–H and O–H groups in total. The smallest absolute Gasteiger partial charge is 0.184 e. The molecule has 0 saturated carbocycles. The van der Waals surface area contributed by atoms with Crippen LogP contribution in [0.3, 0.4) is 0 Å². The third-order valence-corrected chi connectivity index (χ3v) is 5.40. The summed E-state index contributed by atoms with van der Waals surface area (Å²) in [6, 6.07) is 7.87. The first-order chi connectivity index (χ1) is 14.2. The molecule has 3 heterocycles. The third kappa shape index (κ3) is 4.54. The van der Waals surface area contributed by atoms with Crippen molar-refractivity contribution in [3.8, 4) is 5.75 Å². The molecule has 0 bridgehead atoms. The zero-order valence-corrected chi connectivity index (χ0v) is 16.8. The van der Waals surface area contributed by atoms with E-state index in [-0.39, 0.29) is 5.92 Å². The fraction of sp³-hybridized carbons (Fsp3) is 0.476. The minimum Gasteiger partial charge on any atom is -0.497 e. The van der Waals surface area contributed by atoms with Crippen LogP contribution in [-0.2, 0) is 11.3 Å². The van der Waals surface area contributed by atoms with Crippen molar-refractivity contribution in [3.63, 3.8) is 0 Å². The van der Waals surface area contributed by atoms with Crippen molar-refractivity contribution in [2.75, 3.05) is 40.5 Å². The number of methoxy groups -OCH3 is 2. The van der Waals surface area contributed by atoms with Crippen LogP contribution in [0, 0.1) is 0 Å². The second-order valence-electron chi connectivity index (χ2n) is 7.39. The molecular weight excluding hydrogens is 373 g/mol. The van der Waals surface area contributed by atoms with E-state index < -0.39 is 6.17 Å². The monoisotopic (exact) mass is 399 g/mol. The minimum atomic E-state index is -0.987. The van der Waals surface area contributed by atoms with Crippen molar-refractivity contribution in [2.24, 2.45) is 0 Å². The lowest BCUT2D eigenvalue weighted by Crippen LogP contribution is -2.42. The zero-order chi connectivity index (χ0) is 20.2. The molecule has 0 radical (unpaired) electrons. The highest BCUT2D eigenvalue weighted by molar-refractivity contribution is 5.72. The van der Waals surface area contributed by atoms with Crippen molar-refractivity contribution in [1.29, 1.82) is 0 Å². The Labute approximate surface area is 169 Å². The maximum Gasteiger partial charge on any atom is 0.184 e. The normalized spacial score (nSPS) is 20.2. The molecule has 3 aromatic rings. The lowest BCUT2D eigenvalue weighted by Gasteiger charge is -2.33. The first-order valence-electron chi connectivity index (χ1n) is 9.84. The standard InChI is InChI=1S/C21H26FN5O2/c1-28-10-9-26-8-7-18(19(22)14-26)21-23-11-16-13-27(25-20(16)24-21)12-15-3-5-17(29-2)6-4-15/h3-6,11,13,18-19H,7-10,12,14H2,1-2H3/t18-,19+/m0/s1. The van der Waals surface area contributed by atoms with Gasteiger partial charge in [0, 0.05) is 32.6 Å². The number of rotatable bonds is 7. The molecule has 1 saturated heterocycles. The summed E-state index contributed by atoms with van der Waals surface area (Å²) >= 11 is 0. The summed E-state index contributed by atoms with van der Waals surface area (Å²) in [5.74, 6) is 1.08. The van der Waals surface area contributed by atoms with Crippen LogP contribution in [0.4, 0.5) is 4.39 Å². The molecule has 2 atom stereocenters. The van der Waals surface area contributed by atoms with Gasteiger partial charge in [0.25, 0.3) is 0 Å². The highest BCUT2D eigenvalue weighted by Crippen LogP contribution is 2.29. The van der Waals surface area contributed by atoms with Gasteiger partial charge in [-0.2, -0.15) is 5.10 Å². The van der Waals surface area contributed by atoms with Gasteiger partial charge in [-0.25, -0.2) is 14.4 Å². The number of benzene rings is 1. The van der Waals surface area contributed by atoms with Crippen molar-refractivity contribution >= 4 is 11.0 Å². The van der Waals surface area contributed by atoms with Crippen molar-refractivity contribution in [1.82, 2.24) is 24.6 Å². The number of halogens is 1. The highest BCUT2D eigenvalue weighted by Gasteiger charge is 2.32. The van der Waals surface area contributed by atoms with E-state index in [4.69, 9.17) is 9.47 Å². The predicted molar refractivity (Wildman–Crippen MR) is 108 cm³/mol. The summed E-state index contributed by atoms with van der Waals surface area (Å²) in [7, 11) is 3.31. The van der Waals surface area contributed by atoms with E-state index in [1.165, 1.54) is 0 Å². The van der Waals surface area contributed by atoms with Crippen LogP contribution in [0.25, 0.3) is 11.0 Å². The van der Waals surface area contributed by atoms with E-state index in [1.807, 2.05) is 35.1 Å². The number of nitrogens with zero attached hydrogens (tertiary/aromatic N) is 5. The molecule has 1 aliphatic rings. The van der Waals surface area contributed by atoms with Gasteiger partial charge in [-0.05, 0) is 30.7 Å². The van der Waals surface area contributed by atoms with Crippen LogP contribution in [-0.4, -0.2) is 71.3 Å². The van der Waals surface area contributed by atoms with Gasteiger partial charge in [0.1, 0.15) is 17.7 Å².